The maximum Gasteiger partial charge on any atom is 0.220 e. The zero-order valence-electron chi connectivity index (χ0n) is 12.2. The van der Waals surface area contributed by atoms with Gasteiger partial charge < -0.3 is 15.8 Å². The van der Waals surface area contributed by atoms with Crippen LogP contribution in [0.4, 0.5) is 5.95 Å². The molecule has 112 valence electrons. The molecule has 0 saturated heterocycles. The van der Waals surface area contributed by atoms with E-state index in [4.69, 9.17) is 5.73 Å². The molecule has 0 amide bonds. The van der Waals surface area contributed by atoms with Gasteiger partial charge >= 0.3 is 0 Å². The summed E-state index contributed by atoms with van der Waals surface area (Å²) in [6.45, 7) is 0. The Balaban J connectivity index is 1.85. The number of phenolic OH excluding ortho intramolecular Hbond substituents is 1. The molecule has 4 N–H and O–H groups in total. The largest absolute Gasteiger partial charge is 0.507 e. The predicted molar refractivity (Wildman–Crippen MR) is 90.8 cm³/mol. The molecular formula is C18H14N4O. The molecule has 0 aliphatic rings. The van der Waals surface area contributed by atoms with Gasteiger partial charge in [0.25, 0.3) is 0 Å². The van der Waals surface area contributed by atoms with Crippen LogP contribution in [-0.2, 0) is 0 Å². The van der Waals surface area contributed by atoms with Crippen molar-refractivity contribution in [3.8, 4) is 28.1 Å². The minimum absolute atomic E-state index is 0.162. The topological polar surface area (TPSA) is 87.8 Å². The first-order chi connectivity index (χ1) is 11.2. The number of H-pyrrole nitrogens is 1. The summed E-state index contributed by atoms with van der Waals surface area (Å²) in [5, 5.41) is 11.3. The number of phenols is 1. The Morgan fingerprint density at radius 3 is 2.65 bits per heavy atom. The summed E-state index contributed by atoms with van der Waals surface area (Å²) in [6.07, 6.45) is 3.50. The molecule has 0 radical (unpaired) electrons. The quantitative estimate of drug-likeness (QED) is 0.528. The summed E-state index contributed by atoms with van der Waals surface area (Å²) in [5.74, 6) is 0.343. The number of aromatic hydroxyl groups is 1. The fourth-order valence-electron chi connectivity index (χ4n) is 2.68. The molecule has 0 unspecified atom stereocenters. The Bertz CT molecular complexity index is 1010. The molecule has 2 aromatic heterocycles. The van der Waals surface area contributed by atoms with Crippen LogP contribution < -0.4 is 5.73 Å². The van der Waals surface area contributed by atoms with Crippen molar-refractivity contribution in [3.63, 3.8) is 0 Å². The van der Waals surface area contributed by atoms with Crippen LogP contribution in [0.3, 0.4) is 0 Å². The number of rotatable bonds is 2. The second kappa shape index (κ2) is 5.14. The first kappa shape index (κ1) is 13.3. The molecule has 0 aliphatic carbocycles. The van der Waals surface area contributed by atoms with E-state index in [0.29, 0.717) is 11.3 Å². The summed E-state index contributed by atoms with van der Waals surface area (Å²) in [7, 11) is 0. The van der Waals surface area contributed by atoms with Gasteiger partial charge in [0.2, 0.25) is 5.95 Å². The van der Waals surface area contributed by atoms with Gasteiger partial charge in [0.1, 0.15) is 5.75 Å². The Hall–Kier alpha value is -3.34. The van der Waals surface area contributed by atoms with Crippen LogP contribution in [0.1, 0.15) is 0 Å². The average Bonchev–Trinajstić information content (AvgIpc) is 3.03. The van der Waals surface area contributed by atoms with Gasteiger partial charge in [-0.25, -0.2) is 9.97 Å². The highest BCUT2D eigenvalue weighted by Crippen LogP contribution is 2.33. The normalized spacial score (nSPS) is 11.0. The highest BCUT2D eigenvalue weighted by molar-refractivity contribution is 5.86. The van der Waals surface area contributed by atoms with Crippen molar-refractivity contribution in [2.45, 2.75) is 0 Å². The van der Waals surface area contributed by atoms with Crippen LogP contribution in [0.5, 0.6) is 5.75 Å². The van der Waals surface area contributed by atoms with Crippen LogP contribution in [0.15, 0.2) is 60.9 Å². The molecule has 0 saturated carbocycles. The third-order valence-corrected chi connectivity index (χ3v) is 3.83. The number of hydrogen-bond acceptors (Lipinski definition) is 4. The third kappa shape index (κ3) is 2.38. The molecule has 4 aromatic rings. The fourth-order valence-corrected chi connectivity index (χ4v) is 2.68. The summed E-state index contributed by atoms with van der Waals surface area (Å²) in [5.41, 5.74) is 10.0. The zero-order valence-corrected chi connectivity index (χ0v) is 12.2. The molecule has 23 heavy (non-hydrogen) atoms. The highest BCUT2D eigenvalue weighted by Gasteiger charge is 2.09. The highest BCUT2D eigenvalue weighted by atomic mass is 16.3. The lowest BCUT2D eigenvalue weighted by Gasteiger charge is -2.08. The number of aromatic nitrogens is 3. The Labute approximate surface area is 132 Å². The van der Waals surface area contributed by atoms with Crippen LogP contribution in [0, 0.1) is 0 Å². The second-order valence-electron chi connectivity index (χ2n) is 5.31. The van der Waals surface area contributed by atoms with Crippen molar-refractivity contribution in [1.29, 1.82) is 0 Å². The lowest BCUT2D eigenvalue weighted by Crippen LogP contribution is -1.95. The smallest absolute Gasteiger partial charge is 0.220 e. The first-order valence-corrected chi connectivity index (χ1v) is 7.20. The van der Waals surface area contributed by atoms with Crippen molar-refractivity contribution in [1.82, 2.24) is 15.0 Å². The van der Waals surface area contributed by atoms with Gasteiger partial charge in [-0.05, 0) is 52.9 Å². The Morgan fingerprint density at radius 2 is 1.78 bits per heavy atom. The van der Waals surface area contributed by atoms with E-state index in [9.17, 15) is 5.11 Å². The Kier molecular flexibility index (Phi) is 2.98. The minimum atomic E-state index is 0.162. The lowest BCUT2D eigenvalue weighted by molar-refractivity contribution is 0.477. The second-order valence-corrected chi connectivity index (χ2v) is 5.31. The first-order valence-electron chi connectivity index (χ1n) is 7.20. The number of hydrogen-bond donors (Lipinski definition) is 3. The SMILES string of the molecule is Nc1nccc(-c2cc(-c3ccc4[nH]ccc4c3)ccc2O)n1. The molecule has 0 spiro atoms. The molecule has 5 nitrogen and oxygen atoms in total. The molecule has 4 rings (SSSR count). The molecular weight excluding hydrogens is 288 g/mol. The summed E-state index contributed by atoms with van der Waals surface area (Å²) >= 11 is 0. The van der Waals surface area contributed by atoms with E-state index in [1.807, 2.05) is 36.5 Å². The van der Waals surface area contributed by atoms with E-state index in [2.05, 4.69) is 21.0 Å². The van der Waals surface area contributed by atoms with Gasteiger partial charge in [-0.15, -0.1) is 0 Å². The zero-order chi connectivity index (χ0) is 15.8. The monoisotopic (exact) mass is 302 g/mol. The van der Waals surface area contributed by atoms with Crippen molar-refractivity contribution < 1.29 is 5.11 Å². The van der Waals surface area contributed by atoms with Gasteiger partial charge in [-0.3, -0.25) is 0 Å². The van der Waals surface area contributed by atoms with Gasteiger partial charge in [0.15, 0.2) is 0 Å². The van der Waals surface area contributed by atoms with Crippen LogP contribution >= 0.6 is 0 Å². The van der Waals surface area contributed by atoms with Gasteiger partial charge in [0.05, 0.1) is 5.69 Å². The molecule has 2 heterocycles. The third-order valence-electron chi connectivity index (χ3n) is 3.83. The lowest BCUT2D eigenvalue weighted by atomic mass is 10.00. The van der Waals surface area contributed by atoms with Crippen molar-refractivity contribution in [2.24, 2.45) is 0 Å². The van der Waals surface area contributed by atoms with Crippen molar-refractivity contribution in [3.05, 3.63) is 60.9 Å². The van der Waals surface area contributed by atoms with Crippen molar-refractivity contribution in [2.75, 3.05) is 5.73 Å². The van der Waals surface area contributed by atoms with Crippen molar-refractivity contribution >= 4 is 16.9 Å². The number of nitrogens with two attached hydrogens (primary N) is 1. The van der Waals surface area contributed by atoms with E-state index in [0.717, 1.165) is 22.0 Å². The van der Waals surface area contributed by atoms with E-state index in [1.54, 1.807) is 18.3 Å². The molecule has 0 aliphatic heterocycles. The van der Waals surface area contributed by atoms with Gasteiger partial charge in [0, 0.05) is 23.5 Å². The molecule has 2 aromatic carbocycles. The number of benzene rings is 2. The molecule has 0 fully saturated rings. The minimum Gasteiger partial charge on any atom is -0.507 e. The van der Waals surface area contributed by atoms with E-state index < -0.39 is 0 Å². The number of aromatic amines is 1. The number of fused-ring (bicyclic) bond motifs is 1. The summed E-state index contributed by atoms with van der Waals surface area (Å²) in [4.78, 5) is 11.2. The van der Waals surface area contributed by atoms with E-state index in [1.165, 1.54) is 0 Å². The average molecular weight is 302 g/mol. The number of nitrogens with zero attached hydrogens (tertiary/aromatic N) is 2. The predicted octanol–water partition coefficient (Wildman–Crippen LogP) is 3.58. The maximum absolute atomic E-state index is 10.2. The Morgan fingerprint density at radius 1 is 0.957 bits per heavy atom. The maximum atomic E-state index is 10.2. The van der Waals surface area contributed by atoms with Crippen LogP contribution in [0.2, 0.25) is 0 Å². The number of anilines is 1. The fraction of sp³-hybridized carbons (Fsp3) is 0. The van der Waals surface area contributed by atoms with Gasteiger partial charge in [-0.1, -0.05) is 12.1 Å². The number of nitrogens with one attached hydrogen (secondary N) is 1. The van der Waals surface area contributed by atoms with E-state index in [-0.39, 0.29) is 11.7 Å². The van der Waals surface area contributed by atoms with Gasteiger partial charge in [-0.2, -0.15) is 0 Å². The summed E-state index contributed by atoms with van der Waals surface area (Å²) in [6, 6.07) is 15.4. The van der Waals surface area contributed by atoms with Crippen LogP contribution in [-0.4, -0.2) is 20.1 Å². The standard InChI is InChI=1S/C18H14N4O/c19-18-21-8-6-16(22-18)14-10-12(2-4-17(14)23)11-1-3-15-13(9-11)5-7-20-15/h1-10,20,23H,(H2,19,21,22). The molecule has 0 atom stereocenters. The van der Waals surface area contributed by atoms with Crippen LogP contribution in [0.25, 0.3) is 33.3 Å². The summed E-state index contributed by atoms with van der Waals surface area (Å²) < 4.78 is 0. The molecule has 0 bridgehead atoms. The van der Waals surface area contributed by atoms with E-state index >= 15 is 0 Å². The number of nitrogen functional groups attached to an aromatic ring is 1. The molecule has 5 heteroatoms.